The van der Waals surface area contributed by atoms with Gasteiger partial charge in [0.2, 0.25) is 0 Å². The molecule has 0 spiro atoms. The Morgan fingerprint density at radius 3 is 1.82 bits per heavy atom. The van der Waals surface area contributed by atoms with E-state index in [9.17, 15) is 0 Å². The Kier molecular flexibility index (Phi) is 15.4. The van der Waals surface area contributed by atoms with Gasteiger partial charge in [0.1, 0.15) is 0 Å². The second kappa shape index (κ2) is 15.7. The molecule has 0 heterocycles. The van der Waals surface area contributed by atoms with Crippen LogP contribution in [-0.4, -0.2) is 6.61 Å². The lowest BCUT2D eigenvalue weighted by Gasteiger charge is -2.01. The summed E-state index contributed by atoms with van der Waals surface area (Å²) in [6.07, 6.45) is 19.5. The van der Waals surface area contributed by atoms with Crippen molar-refractivity contribution >= 4 is 0 Å². The summed E-state index contributed by atoms with van der Waals surface area (Å²) in [4.78, 5) is 0. The van der Waals surface area contributed by atoms with Crippen LogP contribution in [0.2, 0.25) is 0 Å². The largest absolute Gasteiger partial charge is 0.375 e. The SMILES string of the molecule is [CH2]OC/C=C/CCCCCCCCCCCC. The Labute approximate surface area is 109 Å². The van der Waals surface area contributed by atoms with Crippen molar-refractivity contribution in [1.29, 1.82) is 0 Å². The van der Waals surface area contributed by atoms with Gasteiger partial charge in [-0.1, -0.05) is 76.9 Å². The molecular formula is C16H31O. The predicted octanol–water partition coefficient (Wildman–Crippen LogP) is 5.66. The second-order valence-electron chi connectivity index (χ2n) is 4.81. The Morgan fingerprint density at radius 2 is 1.29 bits per heavy atom. The monoisotopic (exact) mass is 239 g/mol. The fraction of sp³-hybridized carbons (Fsp3) is 0.812. The number of ether oxygens (including phenoxy) is 1. The van der Waals surface area contributed by atoms with Crippen LogP contribution in [0.5, 0.6) is 0 Å². The van der Waals surface area contributed by atoms with Crippen LogP contribution in [0.25, 0.3) is 0 Å². The zero-order chi connectivity index (χ0) is 12.6. The molecule has 0 saturated carbocycles. The van der Waals surface area contributed by atoms with Crippen LogP contribution < -0.4 is 0 Å². The molecule has 0 bridgehead atoms. The van der Waals surface area contributed by atoms with Gasteiger partial charge in [-0.2, -0.15) is 0 Å². The van der Waals surface area contributed by atoms with Crippen LogP contribution in [0, 0.1) is 7.11 Å². The average molecular weight is 239 g/mol. The first-order valence-electron chi connectivity index (χ1n) is 7.43. The van der Waals surface area contributed by atoms with Crippen molar-refractivity contribution in [2.45, 2.75) is 77.6 Å². The number of allylic oxidation sites excluding steroid dienone is 1. The fourth-order valence-electron chi connectivity index (χ4n) is 2.00. The summed E-state index contributed by atoms with van der Waals surface area (Å²) in [6, 6.07) is 0. The zero-order valence-corrected chi connectivity index (χ0v) is 11.8. The quantitative estimate of drug-likeness (QED) is 0.297. The summed E-state index contributed by atoms with van der Waals surface area (Å²) < 4.78 is 4.70. The Bertz CT molecular complexity index is 152. The van der Waals surface area contributed by atoms with Gasteiger partial charge in [0.05, 0.1) is 13.7 Å². The van der Waals surface area contributed by atoms with Crippen molar-refractivity contribution in [2.75, 3.05) is 6.61 Å². The van der Waals surface area contributed by atoms with Crippen molar-refractivity contribution in [3.05, 3.63) is 19.3 Å². The van der Waals surface area contributed by atoms with E-state index < -0.39 is 0 Å². The molecule has 0 amide bonds. The van der Waals surface area contributed by atoms with E-state index in [1.54, 1.807) is 0 Å². The van der Waals surface area contributed by atoms with Crippen LogP contribution in [0.4, 0.5) is 0 Å². The summed E-state index contributed by atoms with van der Waals surface area (Å²) >= 11 is 0. The summed E-state index contributed by atoms with van der Waals surface area (Å²) in [7, 11) is 3.33. The standard InChI is InChI=1S/C16H31O/c1-3-4-5-6-7-8-9-10-11-12-13-14-15-16-17-2/h14-15H,2-13,16H2,1H3/b15-14+. The van der Waals surface area contributed by atoms with Crippen LogP contribution in [0.15, 0.2) is 12.2 Å². The summed E-state index contributed by atoms with van der Waals surface area (Å²) in [6.45, 7) is 2.93. The zero-order valence-electron chi connectivity index (χ0n) is 11.8. The van der Waals surface area contributed by atoms with E-state index in [-0.39, 0.29) is 0 Å². The molecule has 0 aliphatic rings. The maximum atomic E-state index is 4.70. The first-order valence-corrected chi connectivity index (χ1v) is 7.43. The van der Waals surface area contributed by atoms with Gasteiger partial charge in [0.25, 0.3) is 0 Å². The van der Waals surface area contributed by atoms with E-state index >= 15 is 0 Å². The molecule has 0 fully saturated rings. The van der Waals surface area contributed by atoms with Gasteiger partial charge in [0.15, 0.2) is 0 Å². The van der Waals surface area contributed by atoms with E-state index in [4.69, 9.17) is 4.74 Å². The highest BCUT2D eigenvalue weighted by molar-refractivity contribution is 4.81. The summed E-state index contributed by atoms with van der Waals surface area (Å²) in [5.74, 6) is 0. The smallest absolute Gasteiger partial charge is 0.0704 e. The van der Waals surface area contributed by atoms with Gasteiger partial charge in [-0.15, -0.1) is 0 Å². The van der Waals surface area contributed by atoms with Crippen LogP contribution in [-0.2, 0) is 4.74 Å². The minimum atomic E-state index is 0.651. The Balaban J connectivity index is 2.94. The lowest BCUT2D eigenvalue weighted by molar-refractivity contribution is 0.281. The summed E-state index contributed by atoms with van der Waals surface area (Å²) in [5, 5.41) is 0. The van der Waals surface area contributed by atoms with E-state index in [0.717, 1.165) is 0 Å². The minimum absolute atomic E-state index is 0.651. The molecule has 0 aromatic carbocycles. The minimum Gasteiger partial charge on any atom is -0.375 e. The van der Waals surface area contributed by atoms with Crippen LogP contribution in [0.1, 0.15) is 77.6 Å². The van der Waals surface area contributed by atoms with Crippen molar-refractivity contribution < 1.29 is 4.74 Å². The maximum absolute atomic E-state index is 4.70. The van der Waals surface area contributed by atoms with Crippen molar-refractivity contribution in [2.24, 2.45) is 0 Å². The van der Waals surface area contributed by atoms with Gasteiger partial charge >= 0.3 is 0 Å². The van der Waals surface area contributed by atoms with Crippen molar-refractivity contribution in [1.82, 2.24) is 0 Å². The third kappa shape index (κ3) is 15.7. The fourth-order valence-corrected chi connectivity index (χ4v) is 2.00. The molecule has 0 aliphatic heterocycles. The number of hydrogen-bond acceptors (Lipinski definition) is 1. The van der Waals surface area contributed by atoms with Crippen LogP contribution >= 0.6 is 0 Å². The van der Waals surface area contributed by atoms with E-state index in [0.29, 0.717) is 6.61 Å². The number of rotatable bonds is 13. The molecule has 0 aliphatic carbocycles. The number of hydrogen-bond donors (Lipinski definition) is 0. The third-order valence-electron chi connectivity index (χ3n) is 3.11. The van der Waals surface area contributed by atoms with Gasteiger partial charge in [0, 0.05) is 0 Å². The van der Waals surface area contributed by atoms with Crippen molar-refractivity contribution in [3.8, 4) is 0 Å². The van der Waals surface area contributed by atoms with Gasteiger partial charge in [-0.05, 0) is 12.8 Å². The molecule has 0 N–H and O–H groups in total. The topological polar surface area (TPSA) is 9.23 Å². The lowest BCUT2D eigenvalue weighted by Crippen LogP contribution is -1.82. The van der Waals surface area contributed by atoms with E-state index in [2.05, 4.69) is 26.2 Å². The molecule has 0 aromatic heterocycles. The molecule has 17 heavy (non-hydrogen) atoms. The molecule has 1 radical (unpaired) electrons. The maximum Gasteiger partial charge on any atom is 0.0704 e. The average Bonchev–Trinajstić information content (AvgIpc) is 2.35. The lowest BCUT2D eigenvalue weighted by atomic mass is 10.1. The molecule has 1 nitrogen and oxygen atoms in total. The molecule has 0 atom stereocenters. The first kappa shape index (κ1) is 16.7. The number of unbranched alkanes of at least 4 members (excludes halogenated alkanes) is 10. The van der Waals surface area contributed by atoms with E-state index in [1.165, 1.54) is 70.6 Å². The molecule has 1 heteroatoms. The Hall–Kier alpha value is -0.300. The molecule has 0 unspecified atom stereocenters. The molecule has 101 valence electrons. The van der Waals surface area contributed by atoms with Crippen molar-refractivity contribution in [3.63, 3.8) is 0 Å². The second-order valence-corrected chi connectivity index (χ2v) is 4.81. The molecular weight excluding hydrogens is 208 g/mol. The molecule has 0 rings (SSSR count). The normalized spacial score (nSPS) is 11.4. The van der Waals surface area contributed by atoms with Crippen LogP contribution in [0.3, 0.4) is 0 Å². The van der Waals surface area contributed by atoms with Gasteiger partial charge < -0.3 is 4.74 Å². The van der Waals surface area contributed by atoms with E-state index in [1.807, 2.05) is 0 Å². The summed E-state index contributed by atoms with van der Waals surface area (Å²) in [5.41, 5.74) is 0. The molecule has 0 saturated heterocycles. The highest BCUT2D eigenvalue weighted by Gasteiger charge is 1.91. The highest BCUT2D eigenvalue weighted by Crippen LogP contribution is 2.11. The Morgan fingerprint density at radius 1 is 0.765 bits per heavy atom. The third-order valence-corrected chi connectivity index (χ3v) is 3.11. The highest BCUT2D eigenvalue weighted by atomic mass is 16.5. The van der Waals surface area contributed by atoms with Gasteiger partial charge in [-0.3, -0.25) is 0 Å². The predicted molar refractivity (Wildman–Crippen MR) is 76.9 cm³/mol. The van der Waals surface area contributed by atoms with Gasteiger partial charge in [-0.25, -0.2) is 0 Å². The first-order chi connectivity index (χ1) is 8.41. The molecule has 0 aromatic rings.